The SMILES string of the molecule is N#Cc1ccc(CC(N)c2cncn2-c2ccc(F)cc2)cc1F. The summed E-state index contributed by atoms with van der Waals surface area (Å²) in [5.41, 5.74) is 8.40. The van der Waals surface area contributed by atoms with Gasteiger partial charge in [-0.25, -0.2) is 13.8 Å². The van der Waals surface area contributed by atoms with E-state index in [0.717, 1.165) is 11.4 Å². The van der Waals surface area contributed by atoms with Crippen LogP contribution in [0.25, 0.3) is 5.69 Å². The standard InChI is InChI=1S/C18H14F2N4/c19-14-3-5-15(6-4-14)24-11-23-10-18(24)17(22)8-12-1-2-13(9-21)16(20)7-12/h1-7,10-11,17H,8,22H2. The first-order valence-corrected chi connectivity index (χ1v) is 7.31. The lowest BCUT2D eigenvalue weighted by molar-refractivity contribution is 0.616. The molecule has 1 atom stereocenters. The van der Waals surface area contributed by atoms with Gasteiger partial charge in [-0.05, 0) is 48.4 Å². The molecule has 0 radical (unpaired) electrons. The van der Waals surface area contributed by atoms with E-state index in [1.54, 1.807) is 41.4 Å². The summed E-state index contributed by atoms with van der Waals surface area (Å²) in [6.45, 7) is 0. The predicted octanol–water partition coefficient (Wildman–Crippen LogP) is 3.26. The Morgan fingerprint density at radius 1 is 1.17 bits per heavy atom. The van der Waals surface area contributed by atoms with Crippen LogP contribution in [0.4, 0.5) is 8.78 Å². The summed E-state index contributed by atoms with van der Waals surface area (Å²) < 4.78 is 28.5. The van der Waals surface area contributed by atoms with Gasteiger partial charge < -0.3 is 10.3 Å². The number of hydrogen-bond donors (Lipinski definition) is 1. The van der Waals surface area contributed by atoms with Crippen molar-refractivity contribution in [2.24, 2.45) is 5.73 Å². The average molecular weight is 324 g/mol. The third-order valence-corrected chi connectivity index (χ3v) is 3.76. The molecular formula is C18H14F2N4. The van der Waals surface area contributed by atoms with Crippen molar-refractivity contribution < 1.29 is 8.78 Å². The molecule has 0 spiro atoms. The summed E-state index contributed by atoms with van der Waals surface area (Å²) in [4.78, 5) is 4.10. The van der Waals surface area contributed by atoms with Crippen molar-refractivity contribution in [1.82, 2.24) is 9.55 Å². The Labute approximate surface area is 137 Å². The van der Waals surface area contributed by atoms with Gasteiger partial charge in [0.1, 0.15) is 17.7 Å². The van der Waals surface area contributed by atoms with Crippen molar-refractivity contribution >= 4 is 0 Å². The number of nitrogens with two attached hydrogens (primary N) is 1. The molecule has 3 aromatic rings. The number of rotatable bonds is 4. The maximum atomic E-state index is 13.7. The highest BCUT2D eigenvalue weighted by molar-refractivity contribution is 5.36. The van der Waals surface area contributed by atoms with Crippen LogP contribution in [-0.2, 0) is 6.42 Å². The number of hydrogen-bond acceptors (Lipinski definition) is 3. The third kappa shape index (κ3) is 3.16. The first-order chi connectivity index (χ1) is 11.6. The van der Waals surface area contributed by atoms with E-state index in [1.165, 1.54) is 24.3 Å². The monoisotopic (exact) mass is 324 g/mol. The number of aromatic nitrogens is 2. The van der Waals surface area contributed by atoms with E-state index in [0.29, 0.717) is 12.0 Å². The quantitative estimate of drug-likeness (QED) is 0.801. The molecule has 120 valence electrons. The maximum absolute atomic E-state index is 13.7. The van der Waals surface area contributed by atoms with Gasteiger partial charge in [-0.2, -0.15) is 5.26 Å². The first kappa shape index (κ1) is 15.8. The van der Waals surface area contributed by atoms with Gasteiger partial charge in [0.05, 0.1) is 29.8 Å². The fourth-order valence-electron chi connectivity index (χ4n) is 2.53. The molecule has 0 saturated heterocycles. The Morgan fingerprint density at radius 2 is 1.92 bits per heavy atom. The van der Waals surface area contributed by atoms with Crippen LogP contribution in [0.2, 0.25) is 0 Å². The van der Waals surface area contributed by atoms with Crippen molar-refractivity contribution in [3.8, 4) is 11.8 Å². The topological polar surface area (TPSA) is 67.6 Å². The van der Waals surface area contributed by atoms with E-state index in [4.69, 9.17) is 11.0 Å². The van der Waals surface area contributed by atoms with Gasteiger partial charge in [0.25, 0.3) is 0 Å². The van der Waals surface area contributed by atoms with Crippen molar-refractivity contribution in [3.05, 3.63) is 83.4 Å². The molecule has 0 amide bonds. The second-order valence-corrected chi connectivity index (χ2v) is 5.40. The summed E-state index contributed by atoms with van der Waals surface area (Å²) in [5.74, 6) is -0.882. The number of nitrogens with zero attached hydrogens (tertiary/aromatic N) is 3. The molecule has 24 heavy (non-hydrogen) atoms. The van der Waals surface area contributed by atoms with E-state index >= 15 is 0 Å². The number of halogens is 2. The molecule has 0 aliphatic heterocycles. The smallest absolute Gasteiger partial charge is 0.141 e. The van der Waals surface area contributed by atoms with E-state index in [2.05, 4.69) is 4.98 Å². The Balaban J connectivity index is 1.85. The summed E-state index contributed by atoms with van der Waals surface area (Å²) in [6.07, 6.45) is 3.62. The van der Waals surface area contributed by atoms with Crippen LogP contribution < -0.4 is 5.73 Å². The summed E-state index contributed by atoms with van der Waals surface area (Å²) in [5, 5.41) is 8.77. The molecule has 2 N–H and O–H groups in total. The zero-order valence-corrected chi connectivity index (χ0v) is 12.7. The molecule has 4 nitrogen and oxygen atoms in total. The van der Waals surface area contributed by atoms with Crippen LogP contribution in [0, 0.1) is 23.0 Å². The zero-order chi connectivity index (χ0) is 17.1. The van der Waals surface area contributed by atoms with Gasteiger partial charge in [-0.3, -0.25) is 0 Å². The van der Waals surface area contributed by atoms with Gasteiger partial charge >= 0.3 is 0 Å². The summed E-state index contributed by atoms with van der Waals surface area (Å²) in [7, 11) is 0. The van der Waals surface area contributed by atoms with Crippen LogP contribution in [-0.4, -0.2) is 9.55 Å². The molecule has 1 heterocycles. The molecule has 0 fully saturated rings. The average Bonchev–Trinajstić information content (AvgIpc) is 3.05. The minimum absolute atomic E-state index is 0.00340. The zero-order valence-electron chi connectivity index (χ0n) is 12.7. The Hall–Kier alpha value is -3.04. The second-order valence-electron chi connectivity index (χ2n) is 5.40. The van der Waals surface area contributed by atoms with Gasteiger partial charge in [-0.15, -0.1) is 0 Å². The van der Waals surface area contributed by atoms with Gasteiger partial charge in [0.2, 0.25) is 0 Å². The van der Waals surface area contributed by atoms with E-state index in [-0.39, 0.29) is 11.4 Å². The minimum atomic E-state index is -0.561. The van der Waals surface area contributed by atoms with Gasteiger partial charge in [0, 0.05) is 5.69 Å². The van der Waals surface area contributed by atoms with E-state index in [1.807, 2.05) is 0 Å². The van der Waals surface area contributed by atoms with Crippen molar-refractivity contribution in [3.63, 3.8) is 0 Å². The molecule has 0 aliphatic rings. The fraction of sp³-hybridized carbons (Fsp3) is 0.111. The van der Waals surface area contributed by atoms with Crippen LogP contribution in [0.3, 0.4) is 0 Å². The molecule has 0 bridgehead atoms. The lowest BCUT2D eigenvalue weighted by atomic mass is 10.0. The highest BCUT2D eigenvalue weighted by Gasteiger charge is 2.14. The van der Waals surface area contributed by atoms with Crippen molar-refractivity contribution in [2.45, 2.75) is 12.5 Å². The summed E-state index contributed by atoms with van der Waals surface area (Å²) >= 11 is 0. The van der Waals surface area contributed by atoms with Crippen molar-refractivity contribution in [2.75, 3.05) is 0 Å². The van der Waals surface area contributed by atoms with Gasteiger partial charge in [0.15, 0.2) is 0 Å². The van der Waals surface area contributed by atoms with Crippen LogP contribution in [0.5, 0.6) is 0 Å². The number of nitriles is 1. The van der Waals surface area contributed by atoms with Crippen LogP contribution >= 0.6 is 0 Å². The van der Waals surface area contributed by atoms with E-state index in [9.17, 15) is 8.78 Å². The lowest BCUT2D eigenvalue weighted by Crippen LogP contribution is -2.17. The normalized spacial score (nSPS) is 11.9. The Morgan fingerprint density at radius 3 is 2.58 bits per heavy atom. The predicted molar refractivity (Wildman–Crippen MR) is 85.3 cm³/mol. The first-order valence-electron chi connectivity index (χ1n) is 7.31. The molecular weight excluding hydrogens is 310 g/mol. The molecule has 1 unspecified atom stereocenters. The molecule has 3 rings (SSSR count). The molecule has 0 aliphatic carbocycles. The van der Waals surface area contributed by atoms with Crippen molar-refractivity contribution in [1.29, 1.82) is 5.26 Å². The second kappa shape index (κ2) is 6.60. The largest absolute Gasteiger partial charge is 0.322 e. The van der Waals surface area contributed by atoms with E-state index < -0.39 is 11.9 Å². The van der Waals surface area contributed by atoms with Crippen LogP contribution in [0.1, 0.15) is 22.9 Å². The summed E-state index contributed by atoms with van der Waals surface area (Å²) in [6, 6.07) is 11.8. The highest BCUT2D eigenvalue weighted by Crippen LogP contribution is 2.21. The number of benzene rings is 2. The third-order valence-electron chi connectivity index (χ3n) is 3.76. The molecule has 1 aromatic heterocycles. The Kier molecular flexibility index (Phi) is 4.36. The lowest BCUT2D eigenvalue weighted by Gasteiger charge is -2.15. The Bertz CT molecular complexity index is 894. The molecule has 2 aromatic carbocycles. The molecule has 6 heteroatoms. The maximum Gasteiger partial charge on any atom is 0.141 e. The van der Waals surface area contributed by atoms with Gasteiger partial charge in [-0.1, -0.05) is 6.07 Å². The highest BCUT2D eigenvalue weighted by atomic mass is 19.1. The molecule has 0 saturated carbocycles. The number of imidazole rings is 1. The van der Waals surface area contributed by atoms with Crippen LogP contribution in [0.15, 0.2) is 55.0 Å². The minimum Gasteiger partial charge on any atom is -0.322 e. The fourth-order valence-corrected chi connectivity index (χ4v) is 2.53.